The van der Waals surface area contributed by atoms with Crippen molar-refractivity contribution in [1.29, 1.82) is 0 Å². The summed E-state index contributed by atoms with van der Waals surface area (Å²) in [5.74, 6) is -0.138. The Kier molecular flexibility index (Phi) is 2.80. The first-order chi connectivity index (χ1) is 7.50. The van der Waals surface area contributed by atoms with E-state index in [1.807, 2.05) is 0 Å². The van der Waals surface area contributed by atoms with Crippen LogP contribution < -0.4 is 11.1 Å². The number of halogens is 1. The number of benzene rings is 1. The number of anilines is 1. The van der Waals surface area contributed by atoms with E-state index in [9.17, 15) is 4.79 Å². The summed E-state index contributed by atoms with van der Waals surface area (Å²) in [6.45, 7) is 1.71. The highest BCUT2D eigenvalue weighted by atomic mass is 35.5. The molecule has 1 aromatic carbocycles. The van der Waals surface area contributed by atoms with E-state index in [0.29, 0.717) is 11.7 Å². The predicted octanol–water partition coefficient (Wildman–Crippen LogP) is 2.00. The molecule has 16 heavy (non-hydrogen) atoms. The van der Waals surface area contributed by atoms with E-state index in [4.69, 9.17) is 17.3 Å². The predicted molar refractivity (Wildman–Crippen MR) is 65.2 cm³/mol. The number of rotatable bonds is 3. The first kappa shape index (κ1) is 11.3. The van der Waals surface area contributed by atoms with Crippen molar-refractivity contribution in [1.82, 2.24) is 5.32 Å². The Bertz CT molecular complexity index is 396. The van der Waals surface area contributed by atoms with E-state index in [1.54, 1.807) is 31.2 Å². The molecule has 1 aliphatic carbocycles. The van der Waals surface area contributed by atoms with E-state index < -0.39 is 4.87 Å². The van der Waals surface area contributed by atoms with Crippen LogP contribution in [0.25, 0.3) is 0 Å². The second kappa shape index (κ2) is 3.98. The monoisotopic (exact) mass is 238 g/mol. The molecule has 1 aromatic rings. The zero-order valence-corrected chi connectivity index (χ0v) is 9.92. The van der Waals surface area contributed by atoms with Crippen molar-refractivity contribution in [2.24, 2.45) is 0 Å². The van der Waals surface area contributed by atoms with E-state index in [1.165, 1.54) is 0 Å². The lowest BCUT2D eigenvalue weighted by molar-refractivity contribution is -0.123. The number of nitrogen functional groups attached to an aromatic ring is 1. The highest BCUT2D eigenvalue weighted by Crippen LogP contribution is 2.31. The van der Waals surface area contributed by atoms with Gasteiger partial charge in [-0.15, -0.1) is 11.6 Å². The number of nitrogens with one attached hydrogen (secondary N) is 1. The van der Waals surface area contributed by atoms with Gasteiger partial charge in [0.15, 0.2) is 0 Å². The molecule has 0 heterocycles. The van der Waals surface area contributed by atoms with Gasteiger partial charge in [-0.3, -0.25) is 4.79 Å². The molecule has 0 bridgehead atoms. The highest BCUT2D eigenvalue weighted by Gasteiger charge is 2.36. The van der Waals surface area contributed by atoms with Crippen molar-refractivity contribution in [2.75, 3.05) is 5.73 Å². The smallest absolute Gasteiger partial charge is 0.245 e. The van der Waals surface area contributed by atoms with Crippen LogP contribution in [0, 0.1) is 0 Å². The Hall–Kier alpha value is -1.22. The van der Waals surface area contributed by atoms with Crippen LogP contribution in [0.4, 0.5) is 5.69 Å². The summed E-state index contributed by atoms with van der Waals surface area (Å²) in [5, 5.41) is 2.91. The van der Waals surface area contributed by atoms with Crippen molar-refractivity contribution in [3.05, 3.63) is 29.8 Å². The highest BCUT2D eigenvalue weighted by molar-refractivity contribution is 6.34. The topological polar surface area (TPSA) is 55.1 Å². The maximum absolute atomic E-state index is 11.9. The molecule has 0 saturated heterocycles. The molecule has 1 aliphatic rings. The molecular formula is C12H15ClN2O. The number of alkyl halides is 1. The molecular weight excluding hydrogens is 224 g/mol. The van der Waals surface area contributed by atoms with Gasteiger partial charge in [-0.2, -0.15) is 0 Å². The fourth-order valence-corrected chi connectivity index (χ4v) is 1.66. The first-order valence-corrected chi connectivity index (χ1v) is 5.74. The summed E-state index contributed by atoms with van der Waals surface area (Å²) < 4.78 is 0. The van der Waals surface area contributed by atoms with Crippen LogP contribution in [0.15, 0.2) is 24.3 Å². The maximum atomic E-state index is 11.9. The SMILES string of the molecule is CC(Cl)(C(=O)NC1CC1)c1ccc(N)cc1. The molecule has 86 valence electrons. The van der Waals surface area contributed by atoms with Crippen LogP contribution in [-0.2, 0) is 9.67 Å². The summed E-state index contributed by atoms with van der Waals surface area (Å²) in [5.41, 5.74) is 7.02. The first-order valence-electron chi connectivity index (χ1n) is 5.36. The normalized spacial score (nSPS) is 18.9. The zero-order valence-electron chi connectivity index (χ0n) is 9.16. The third-order valence-electron chi connectivity index (χ3n) is 2.79. The molecule has 3 nitrogen and oxygen atoms in total. The fourth-order valence-electron chi connectivity index (χ4n) is 1.48. The summed E-state index contributed by atoms with van der Waals surface area (Å²) in [7, 11) is 0. The van der Waals surface area contributed by atoms with E-state index in [0.717, 1.165) is 18.4 Å². The van der Waals surface area contributed by atoms with Gasteiger partial charge in [-0.1, -0.05) is 12.1 Å². The lowest BCUT2D eigenvalue weighted by Crippen LogP contribution is -2.39. The van der Waals surface area contributed by atoms with Gasteiger partial charge in [0.05, 0.1) is 0 Å². The van der Waals surface area contributed by atoms with E-state index in [-0.39, 0.29) is 5.91 Å². The standard InChI is InChI=1S/C12H15ClN2O/c1-12(13,11(16)15-10-6-7-10)8-2-4-9(14)5-3-8/h2-5,10H,6-7,14H2,1H3,(H,15,16). The molecule has 0 aromatic heterocycles. The van der Waals surface area contributed by atoms with Gasteiger partial charge in [0.2, 0.25) is 5.91 Å². The van der Waals surface area contributed by atoms with E-state index in [2.05, 4.69) is 5.32 Å². The summed E-state index contributed by atoms with van der Waals surface area (Å²) >= 11 is 6.28. The molecule has 4 heteroatoms. The van der Waals surface area contributed by atoms with Crippen molar-refractivity contribution < 1.29 is 4.79 Å². The molecule has 1 atom stereocenters. The van der Waals surface area contributed by atoms with Crippen LogP contribution in [0.2, 0.25) is 0 Å². The molecule has 1 amide bonds. The molecule has 0 spiro atoms. The van der Waals surface area contributed by atoms with Gasteiger partial charge in [0.1, 0.15) is 4.87 Å². The molecule has 1 saturated carbocycles. The van der Waals surface area contributed by atoms with Gasteiger partial charge in [-0.25, -0.2) is 0 Å². The molecule has 0 aliphatic heterocycles. The quantitative estimate of drug-likeness (QED) is 0.625. The zero-order chi connectivity index (χ0) is 11.8. The number of nitrogens with two attached hydrogens (primary N) is 1. The van der Waals surface area contributed by atoms with Crippen molar-refractivity contribution in [2.45, 2.75) is 30.7 Å². The number of carbonyl (C=O) groups excluding carboxylic acids is 1. The van der Waals surface area contributed by atoms with Crippen LogP contribution in [0.5, 0.6) is 0 Å². The Morgan fingerprint density at radius 1 is 1.44 bits per heavy atom. The van der Waals surface area contributed by atoms with Gasteiger partial charge in [0.25, 0.3) is 0 Å². The maximum Gasteiger partial charge on any atom is 0.245 e. The van der Waals surface area contributed by atoms with Gasteiger partial charge < -0.3 is 11.1 Å². The van der Waals surface area contributed by atoms with Crippen molar-refractivity contribution in [3.8, 4) is 0 Å². The fraction of sp³-hybridized carbons (Fsp3) is 0.417. The number of carbonyl (C=O) groups is 1. The Morgan fingerprint density at radius 3 is 2.50 bits per heavy atom. The number of amides is 1. The minimum atomic E-state index is -1.02. The van der Waals surface area contributed by atoms with E-state index >= 15 is 0 Å². The van der Waals surface area contributed by atoms with Crippen LogP contribution in [0.3, 0.4) is 0 Å². The molecule has 1 unspecified atom stereocenters. The third-order valence-corrected chi connectivity index (χ3v) is 3.18. The second-order valence-electron chi connectivity index (χ2n) is 4.37. The Balaban J connectivity index is 2.15. The number of hydrogen-bond acceptors (Lipinski definition) is 2. The van der Waals surface area contributed by atoms with Gasteiger partial charge in [0, 0.05) is 11.7 Å². The van der Waals surface area contributed by atoms with Crippen LogP contribution in [-0.4, -0.2) is 11.9 Å². The second-order valence-corrected chi connectivity index (χ2v) is 5.13. The third kappa shape index (κ3) is 2.30. The molecule has 3 N–H and O–H groups in total. The molecule has 1 fully saturated rings. The molecule has 0 radical (unpaired) electrons. The summed E-state index contributed by atoms with van der Waals surface area (Å²) in [4.78, 5) is 10.9. The Labute approximate surface area is 100.0 Å². The van der Waals surface area contributed by atoms with Gasteiger partial charge >= 0.3 is 0 Å². The summed E-state index contributed by atoms with van der Waals surface area (Å²) in [6, 6.07) is 7.39. The minimum Gasteiger partial charge on any atom is -0.399 e. The number of hydrogen-bond donors (Lipinski definition) is 2. The average molecular weight is 239 g/mol. The molecule has 2 rings (SSSR count). The largest absolute Gasteiger partial charge is 0.399 e. The lowest BCUT2D eigenvalue weighted by Gasteiger charge is -2.21. The minimum absolute atomic E-state index is 0.138. The van der Waals surface area contributed by atoms with Crippen molar-refractivity contribution >= 4 is 23.2 Å². The lowest BCUT2D eigenvalue weighted by atomic mass is 9.99. The van der Waals surface area contributed by atoms with Gasteiger partial charge in [-0.05, 0) is 37.5 Å². The Morgan fingerprint density at radius 2 is 2.00 bits per heavy atom. The van der Waals surface area contributed by atoms with Crippen LogP contribution in [0.1, 0.15) is 25.3 Å². The van der Waals surface area contributed by atoms with Crippen molar-refractivity contribution in [3.63, 3.8) is 0 Å². The van der Waals surface area contributed by atoms with Crippen LogP contribution >= 0.6 is 11.6 Å². The average Bonchev–Trinajstić information content (AvgIpc) is 3.02. The summed E-state index contributed by atoms with van der Waals surface area (Å²) in [6.07, 6.45) is 2.11.